The molecule has 0 spiro atoms. The molecule has 0 aliphatic heterocycles. The Labute approximate surface area is 186 Å². The molecular formula is C23H25ClN4O3. The van der Waals surface area contributed by atoms with Gasteiger partial charge >= 0.3 is 0 Å². The molecule has 1 saturated carbocycles. The Morgan fingerprint density at radius 1 is 1.03 bits per heavy atom. The summed E-state index contributed by atoms with van der Waals surface area (Å²) in [6.07, 6.45) is 5.67. The molecule has 4 rings (SSSR count). The summed E-state index contributed by atoms with van der Waals surface area (Å²) in [5, 5.41) is 7.24. The lowest BCUT2D eigenvalue weighted by Crippen LogP contribution is -2.36. The van der Waals surface area contributed by atoms with E-state index in [1.165, 1.54) is 19.3 Å². The van der Waals surface area contributed by atoms with E-state index in [0.717, 1.165) is 23.9 Å². The van der Waals surface area contributed by atoms with Gasteiger partial charge in [-0.1, -0.05) is 25.3 Å². The Balaban J connectivity index is 1.61. The van der Waals surface area contributed by atoms with Crippen LogP contribution < -0.4 is 20.1 Å². The number of fused-ring (bicyclic) bond motifs is 1. The molecule has 0 unspecified atom stereocenters. The summed E-state index contributed by atoms with van der Waals surface area (Å²) in [6.45, 7) is 0. The first-order chi connectivity index (χ1) is 15.1. The van der Waals surface area contributed by atoms with E-state index in [1.54, 1.807) is 32.4 Å². The number of nitrogens with zero attached hydrogens (tertiary/aromatic N) is 2. The number of carbonyl (C=O) groups is 1. The minimum absolute atomic E-state index is 0.0625. The van der Waals surface area contributed by atoms with Gasteiger partial charge in [-0.15, -0.1) is 0 Å². The molecule has 0 atom stereocenters. The lowest BCUT2D eigenvalue weighted by atomic mass is 9.95. The standard InChI is InChI=1S/C23H25ClN4O3/c1-30-19-12-17-18(13-20(19)31-2)27-23(24)28-21(17)25-16-10-6-7-14(11-16)22(29)26-15-8-4-3-5-9-15/h6-7,10-13,15H,3-5,8-9H2,1-2H3,(H,26,29)(H,25,27,28). The van der Waals surface area contributed by atoms with Gasteiger partial charge in [0.2, 0.25) is 5.28 Å². The van der Waals surface area contributed by atoms with Gasteiger partial charge in [0.1, 0.15) is 5.82 Å². The fourth-order valence-corrected chi connectivity index (χ4v) is 4.09. The first kappa shape index (κ1) is 21.2. The Hall–Kier alpha value is -3.06. The number of rotatable bonds is 6. The van der Waals surface area contributed by atoms with Crippen molar-refractivity contribution in [1.82, 2.24) is 15.3 Å². The second-order valence-electron chi connectivity index (χ2n) is 7.58. The molecule has 7 nitrogen and oxygen atoms in total. The minimum Gasteiger partial charge on any atom is -0.493 e. The molecule has 1 amide bonds. The van der Waals surface area contributed by atoms with Crippen molar-refractivity contribution in [3.63, 3.8) is 0 Å². The van der Waals surface area contributed by atoms with Crippen LogP contribution in [0.3, 0.4) is 0 Å². The van der Waals surface area contributed by atoms with Crippen LogP contribution in [0.25, 0.3) is 10.9 Å². The van der Waals surface area contributed by atoms with E-state index in [4.69, 9.17) is 21.1 Å². The highest BCUT2D eigenvalue weighted by molar-refractivity contribution is 6.28. The van der Waals surface area contributed by atoms with Crippen molar-refractivity contribution in [2.24, 2.45) is 0 Å². The van der Waals surface area contributed by atoms with Crippen molar-refractivity contribution in [3.05, 3.63) is 47.2 Å². The van der Waals surface area contributed by atoms with Crippen LogP contribution in [0.15, 0.2) is 36.4 Å². The highest BCUT2D eigenvalue weighted by atomic mass is 35.5. The molecule has 162 valence electrons. The number of methoxy groups -OCH3 is 2. The largest absolute Gasteiger partial charge is 0.493 e. The van der Waals surface area contributed by atoms with Crippen LogP contribution in [0, 0.1) is 0 Å². The molecule has 3 aromatic rings. The predicted molar refractivity (Wildman–Crippen MR) is 122 cm³/mol. The lowest BCUT2D eigenvalue weighted by molar-refractivity contribution is 0.0927. The van der Waals surface area contributed by atoms with Gasteiger partial charge in [0.05, 0.1) is 19.7 Å². The van der Waals surface area contributed by atoms with Crippen LogP contribution in [0.2, 0.25) is 5.28 Å². The molecule has 2 aromatic carbocycles. The predicted octanol–water partition coefficient (Wildman–Crippen LogP) is 5.11. The summed E-state index contributed by atoms with van der Waals surface area (Å²) in [4.78, 5) is 21.4. The van der Waals surface area contributed by atoms with Gasteiger partial charge < -0.3 is 20.1 Å². The third-order valence-corrected chi connectivity index (χ3v) is 5.67. The first-order valence-electron chi connectivity index (χ1n) is 10.3. The fraction of sp³-hybridized carbons (Fsp3) is 0.348. The van der Waals surface area contributed by atoms with Gasteiger partial charge in [-0.05, 0) is 48.7 Å². The Morgan fingerprint density at radius 3 is 2.52 bits per heavy atom. The summed E-state index contributed by atoms with van der Waals surface area (Å²) < 4.78 is 10.8. The fourth-order valence-electron chi connectivity index (χ4n) is 3.91. The molecule has 1 aliphatic carbocycles. The third-order valence-electron chi connectivity index (χ3n) is 5.50. The number of carbonyl (C=O) groups excluding carboxylic acids is 1. The molecule has 2 N–H and O–H groups in total. The summed E-state index contributed by atoms with van der Waals surface area (Å²) in [5.74, 6) is 1.56. The van der Waals surface area contributed by atoms with Gasteiger partial charge in [0, 0.05) is 28.7 Å². The minimum atomic E-state index is -0.0625. The number of ether oxygens (including phenoxy) is 2. The van der Waals surface area contributed by atoms with Crippen molar-refractivity contribution < 1.29 is 14.3 Å². The van der Waals surface area contributed by atoms with Crippen molar-refractivity contribution in [2.75, 3.05) is 19.5 Å². The molecule has 1 heterocycles. The van der Waals surface area contributed by atoms with E-state index in [9.17, 15) is 4.79 Å². The highest BCUT2D eigenvalue weighted by Crippen LogP contribution is 2.35. The van der Waals surface area contributed by atoms with Crippen molar-refractivity contribution in [2.45, 2.75) is 38.1 Å². The highest BCUT2D eigenvalue weighted by Gasteiger charge is 2.17. The Kier molecular flexibility index (Phi) is 6.42. The van der Waals surface area contributed by atoms with Crippen LogP contribution in [0.4, 0.5) is 11.5 Å². The number of hydrogen-bond acceptors (Lipinski definition) is 6. The van der Waals surface area contributed by atoms with Crippen molar-refractivity contribution in [1.29, 1.82) is 0 Å². The summed E-state index contributed by atoms with van der Waals surface area (Å²) in [5.41, 5.74) is 1.94. The topological polar surface area (TPSA) is 85.4 Å². The maximum absolute atomic E-state index is 12.7. The van der Waals surface area contributed by atoms with Crippen LogP contribution >= 0.6 is 11.6 Å². The Morgan fingerprint density at radius 2 is 1.77 bits per heavy atom. The quantitative estimate of drug-likeness (QED) is 0.518. The van der Waals surface area contributed by atoms with E-state index < -0.39 is 0 Å². The molecule has 0 bridgehead atoms. The third kappa shape index (κ3) is 4.82. The molecule has 1 fully saturated rings. The maximum atomic E-state index is 12.7. The lowest BCUT2D eigenvalue weighted by Gasteiger charge is -2.22. The molecule has 0 radical (unpaired) electrons. The monoisotopic (exact) mass is 440 g/mol. The van der Waals surface area contributed by atoms with Gasteiger partial charge in [0.15, 0.2) is 11.5 Å². The molecule has 0 saturated heterocycles. The SMILES string of the molecule is COc1cc2nc(Cl)nc(Nc3cccc(C(=O)NC4CCCCC4)c3)c2cc1OC. The smallest absolute Gasteiger partial charge is 0.251 e. The summed E-state index contributed by atoms with van der Waals surface area (Å²) >= 11 is 6.15. The van der Waals surface area contributed by atoms with Gasteiger partial charge in [0.25, 0.3) is 5.91 Å². The van der Waals surface area contributed by atoms with E-state index in [0.29, 0.717) is 28.4 Å². The van der Waals surface area contributed by atoms with Crippen LogP contribution in [0.1, 0.15) is 42.5 Å². The maximum Gasteiger partial charge on any atom is 0.251 e. The van der Waals surface area contributed by atoms with Crippen LogP contribution in [-0.4, -0.2) is 36.1 Å². The molecule has 1 aromatic heterocycles. The zero-order chi connectivity index (χ0) is 21.8. The van der Waals surface area contributed by atoms with Crippen LogP contribution in [-0.2, 0) is 0 Å². The average Bonchev–Trinajstić information content (AvgIpc) is 2.79. The number of anilines is 2. The van der Waals surface area contributed by atoms with Gasteiger partial charge in [-0.3, -0.25) is 4.79 Å². The van der Waals surface area contributed by atoms with E-state index in [2.05, 4.69) is 20.6 Å². The second kappa shape index (κ2) is 9.39. The van der Waals surface area contributed by atoms with E-state index in [-0.39, 0.29) is 17.2 Å². The van der Waals surface area contributed by atoms with E-state index in [1.807, 2.05) is 18.2 Å². The number of amides is 1. The van der Waals surface area contributed by atoms with Crippen molar-refractivity contribution >= 4 is 39.9 Å². The van der Waals surface area contributed by atoms with Crippen LogP contribution in [0.5, 0.6) is 11.5 Å². The number of aromatic nitrogens is 2. The van der Waals surface area contributed by atoms with E-state index >= 15 is 0 Å². The number of halogens is 1. The zero-order valence-corrected chi connectivity index (χ0v) is 18.3. The molecule has 1 aliphatic rings. The number of nitrogens with one attached hydrogen (secondary N) is 2. The average molecular weight is 441 g/mol. The molecular weight excluding hydrogens is 416 g/mol. The summed E-state index contributed by atoms with van der Waals surface area (Å²) in [6, 6.07) is 11.1. The number of benzene rings is 2. The normalized spacial score (nSPS) is 14.3. The summed E-state index contributed by atoms with van der Waals surface area (Å²) in [7, 11) is 3.14. The first-order valence-corrected chi connectivity index (χ1v) is 10.7. The van der Waals surface area contributed by atoms with Crippen molar-refractivity contribution in [3.8, 4) is 11.5 Å². The van der Waals surface area contributed by atoms with Gasteiger partial charge in [-0.2, -0.15) is 4.98 Å². The van der Waals surface area contributed by atoms with Gasteiger partial charge in [-0.25, -0.2) is 4.98 Å². The zero-order valence-electron chi connectivity index (χ0n) is 17.6. The molecule has 31 heavy (non-hydrogen) atoms. The number of hydrogen-bond donors (Lipinski definition) is 2. The molecule has 8 heteroatoms. The Bertz CT molecular complexity index is 1100. The second-order valence-corrected chi connectivity index (χ2v) is 7.92.